The Labute approximate surface area is 172 Å². The molecule has 29 heavy (non-hydrogen) atoms. The van der Waals surface area contributed by atoms with E-state index in [0.29, 0.717) is 23.7 Å². The maximum atomic E-state index is 13.6. The second kappa shape index (κ2) is 8.61. The van der Waals surface area contributed by atoms with E-state index in [2.05, 4.69) is 10.3 Å². The average Bonchev–Trinajstić information content (AvgIpc) is 2.68. The Morgan fingerprint density at radius 2 is 2.03 bits per heavy atom. The predicted octanol–water partition coefficient (Wildman–Crippen LogP) is 3.77. The monoisotopic (exact) mass is 416 g/mol. The first kappa shape index (κ1) is 20.8. The Morgan fingerprint density at radius 1 is 1.28 bits per heavy atom. The van der Waals surface area contributed by atoms with Crippen molar-refractivity contribution in [2.45, 2.75) is 19.8 Å². The van der Waals surface area contributed by atoms with Gasteiger partial charge >= 0.3 is 0 Å². The van der Waals surface area contributed by atoms with Crippen molar-refractivity contribution in [2.24, 2.45) is 0 Å². The van der Waals surface area contributed by atoms with Gasteiger partial charge in [0.2, 0.25) is 5.43 Å². The lowest BCUT2D eigenvalue weighted by atomic mass is 10.1. The summed E-state index contributed by atoms with van der Waals surface area (Å²) in [5.74, 6) is -0.318. The van der Waals surface area contributed by atoms with Gasteiger partial charge in [0, 0.05) is 26.8 Å². The van der Waals surface area contributed by atoms with Crippen LogP contribution in [-0.2, 0) is 0 Å². The second-order valence-corrected chi connectivity index (χ2v) is 7.29. The van der Waals surface area contributed by atoms with Crippen LogP contribution in [0.5, 0.6) is 0 Å². The van der Waals surface area contributed by atoms with Gasteiger partial charge < -0.3 is 10.2 Å². The number of hydrogen-bond acceptors (Lipinski definition) is 4. The molecule has 8 heteroatoms. The molecule has 0 spiro atoms. The van der Waals surface area contributed by atoms with Crippen LogP contribution in [0.15, 0.2) is 41.3 Å². The summed E-state index contributed by atoms with van der Waals surface area (Å²) in [7, 11) is 3.66. The van der Waals surface area contributed by atoms with Crippen molar-refractivity contribution in [2.75, 3.05) is 25.5 Å². The maximum Gasteiger partial charge on any atom is 0.256 e. The molecular weight excluding hydrogens is 395 g/mol. The summed E-state index contributed by atoms with van der Waals surface area (Å²) in [6, 6.07) is 7.28. The third kappa shape index (κ3) is 4.24. The summed E-state index contributed by atoms with van der Waals surface area (Å²) in [6.45, 7) is 2.49. The summed E-state index contributed by atoms with van der Waals surface area (Å²) in [6.07, 6.45) is 3.15. The number of aromatic nitrogens is 2. The van der Waals surface area contributed by atoms with Crippen LogP contribution in [0.25, 0.3) is 16.7 Å². The van der Waals surface area contributed by atoms with Crippen LogP contribution >= 0.6 is 11.6 Å². The van der Waals surface area contributed by atoms with Gasteiger partial charge in [0.05, 0.1) is 16.1 Å². The van der Waals surface area contributed by atoms with Crippen LogP contribution in [0.1, 0.15) is 30.1 Å². The highest BCUT2D eigenvalue weighted by atomic mass is 35.5. The Hall–Kier alpha value is -2.93. The molecule has 6 nitrogen and oxygen atoms in total. The highest BCUT2D eigenvalue weighted by molar-refractivity contribution is 6.32. The van der Waals surface area contributed by atoms with Crippen molar-refractivity contribution in [3.63, 3.8) is 0 Å². The largest absolute Gasteiger partial charge is 0.363 e. The molecule has 2 heterocycles. The van der Waals surface area contributed by atoms with Crippen molar-refractivity contribution in [1.82, 2.24) is 14.9 Å². The minimum absolute atomic E-state index is 0.0200. The number of halogens is 2. The Kier molecular flexibility index (Phi) is 6.17. The first-order valence-electron chi connectivity index (χ1n) is 9.30. The fourth-order valence-corrected chi connectivity index (χ4v) is 3.20. The van der Waals surface area contributed by atoms with Gasteiger partial charge in [-0.3, -0.25) is 14.2 Å². The van der Waals surface area contributed by atoms with Crippen LogP contribution in [0.3, 0.4) is 0 Å². The van der Waals surface area contributed by atoms with Crippen molar-refractivity contribution >= 4 is 34.4 Å². The van der Waals surface area contributed by atoms with E-state index in [9.17, 15) is 14.0 Å². The lowest BCUT2D eigenvalue weighted by Crippen LogP contribution is -2.30. The molecule has 2 aromatic heterocycles. The molecule has 0 atom stereocenters. The van der Waals surface area contributed by atoms with E-state index in [4.69, 9.17) is 11.6 Å². The number of anilines is 1. The molecule has 0 aliphatic rings. The number of fused-ring (bicyclic) bond motifs is 1. The molecule has 0 aliphatic carbocycles. The highest BCUT2D eigenvalue weighted by Gasteiger charge is 2.19. The smallest absolute Gasteiger partial charge is 0.256 e. The minimum Gasteiger partial charge on any atom is -0.363 e. The second-order valence-electron chi connectivity index (χ2n) is 6.88. The van der Waals surface area contributed by atoms with Crippen molar-refractivity contribution in [1.29, 1.82) is 0 Å². The van der Waals surface area contributed by atoms with E-state index in [1.54, 1.807) is 21.6 Å². The third-order valence-electron chi connectivity index (χ3n) is 4.52. The third-order valence-corrected chi connectivity index (χ3v) is 4.83. The Morgan fingerprint density at radius 3 is 2.69 bits per heavy atom. The van der Waals surface area contributed by atoms with Gasteiger partial charge in [-0.15, -0.1) is 0 Å². The fourth-order valence-electron chi connectivity index (χ4n) is 2.94. The Bertz CT molecular complexity index is 1130. The summed E-state index contributed by atoms with van der Waals surface area (Å²) in [4.78, 5) is 32.0. The van der Waals surface area contributed by atoms with E-state index in [0.717, 1.165) is 12.8 Å². The molecular formula is C21H22ClFN4O2. The van der Waals surface area contributed by atoms with Crippen LogP contribution in [0.2, 0.25) is 5.02 Å². The molecule has 1 amide bonds. The number of pyridine rings is 2. The zero-order valence-electron chi connectivity index (χ0n) is 16.5. The number of hydrogen-bond donors (Lipinski definition) is 1. The first-order valence-corrected chi connectivity index (χ1v) is 9.68. The number of nitrogens with zero attached hydrogens (tertiary/aromatic N) is 3. The SMILES string of the molecule is CCCCNC(=O)c1cn(-c2ccc(F)cc2Cl)c2nc(N(C)C)ccc2c1=O. The number of benzene rings is 1. The molecule has 0 unspecified atom stereocenters. The summed E-state index contributed by atoms with van der Waals surface area (Å²) in [5.41, 5.74) is 0.318. The Balaban J connectivity index is 2.27. The maximum absolute atomic E-state index is 13.6. The number of carbonyl (C=O) groups excluding carboxylic acids is 1. The van der Waals surface area contributed by atoms with Crippen LogP contribution in [-0.4, -0.2) is 36.1 Å². The topological polar surface area (TPSA) is 67.2 Å². The quantitative estimate of drug-likeness (QED) is 0.621. The molecule has 3 rings (SSSR count). The lowest BCUT2D eigenvalue weighted by molar-refractivity contribution is 0.0951. The standard InChI is InChI=1S/C21H22ClFN4O2/c1-4-5-10-24-21(29)15-12-27(17-8-6-13(23)11-16(17)22)20-14(19(15)28)7-9-18(25-20)26(2)3/h6-9,11-12H,4-5,10H2,1-3H3,(H,24,29). The van der Waals surface area contributed by atoms with Crippen LogP contribution < -0.4 is 15.6 Å². The number of rotatable bonds is 6. The van der Waals surface area contributed by atoms with Gasteiger partial charge in [0.15, 0.2) is 5.65 Å². The van der Waals surface area contributed by atoms with Gasteiger partial charge in [0.25, 0.3) is 5.91 Å². The van der Waals surface area contributed by atoms with Gasteiger partial charge in [-0.25, -0.2) is 9.37 Å². The predicted molar refractivity (Wildman–Crippen MR) is 114 cm³/mol. The summed E-state index contributed by atoms with van der Waals surface area (Å²) in [5, 5.41) is 3.18. The van der Waals surface area contributed by atoms with E-state index < -0.39 is 17.2 Å². The van der Waals surface area contributed by atoms with E-state index in [1.165, 1.54) is 24.4 Å². The van der Waals surface area contributed by atoms with Crippen LogP contribution in [0.4, 0.5) is 10.2 Å². The summed E-state index contributed by atoms with van der Waals surface area (Å²) < 4.78 is 15.1. The number of carbonyl (C=O) groups is 1. The number of nitrogens with one attached hydrogen (secondary N) is 1. The highest BCUT2D eigenvalue weighted by Crippen LogP contribution is 2.25. The normalized spacial score (nSPS) is 10.9. The fraction of sp³-hybridized carbons (Fsp3) is 0.286. The molecule has 1 aromatic carbocycles. The molecule has 3 aromatic rings. The van der Waals surface area contributed by atoms with Gasteiger partial charge in [0.1, 0.15) is 17.2 Å². The van der Waals surface area contributed by atoms with Gasteiger partial charge in [-0.1, -0.05) is 24.9 Å². The van der Waals surface area contributed by atoms with Crippen molar-refractivity contribution in [3.05, 3.63) is 63.2 Å². The number of amides is 1. The summed E-state index contributed by atoms with van der Waals surface area (Å²) >= 11 is 6.26. The van der Waals surface area contributed by atoms with Crippen molar-refractivity contribution < 1.29 is 9.18 Å². The molecule has 1 N–H and O–H groups in total. The zero-order chi connectivity index (χ0) is 21.1. The number of unbranched alkanes of at least 4 members (excludes halogenated alkanes) is 1. The van der Waals surface area contributed by atoms with E-state index in [1.807, 2.05) is 21.0 Å². The minimum atomic E-state index is -0.483. The first-order chi connectivity index (χ1) is 13.8. The zero-order valence-corrected chi connectivity index (χ0v) is 17.3. The molecule has 0 bridgehead atoms. The molecule has 0 radical (unpaired) electrons. The van der Waals surface area contributed by atoms with E-state index >= 15 is 0 Å². The van der Waals surface area contributed by atoms with Gasteiger partial charge in [-0.05, 0) is 36.8 Å². The molecule has 0 saturated heterocycles. The van der Waals surface area contributed by atoms with Crippen LogP contribution in [0, 0.1) is 5.82 Å². The lowest BCUT2D eigenvalue weighted by Gasteiger charge is -2.17. The van der Waals surface area contributed by atoms with Crippen molar-refractivity contribution in [3.8, 4) is 5.69 Å². The molecule has 0 aliphatic heterocycles. The van der Waals surface area contributed by atoms with E-state index in [-0.39, 0.29) is 16.0 Å². The van der Waals surface area contributed by atoms with Gasteiger partial charge in [-0.2, -0.15) is 0 Å². The average molecular weight is 417 g/mol. The molecule has 152 valence electrons. The molecule has 0 saturated carbocycles. The molecule has 0 fully saturated rings.